The molecule has 0 unspecified atom stereocenters. The van der Waals surface area contributed by atoms with Gasteiger partial charge in [0.1, 0.15) is 0 Å². The van der Waals surface area contributed by atoms with E-state index in [0.717, 1.165) is 20.4 Å². The number of aromatic nitrogens is 1. The van der Waals surface area contributed by atoms with Crippen LogP contribution in [0.25, 0.3) is 10.2 Å². The van der Waals surface area contributed by atoms with E-state index in [9.17, 15) is 9.59 Å². The van der Waals surface area contributed by atoms with Crippen LogP contribution in [0.4, 0.5) is 5.13 Å². The van der Waals surface area contributed by atoms with Gasteiger partial charge in [-0.15, -0.1) is 0 Å². The van der Waals surface area contributed by atoms with Crippen LogP contribution in [0.2, 0.25) is 10.0 Å². The molecule has 0 saturated carbocycles. The maximum atomic E-state index is 13.7. The van der Waals surface area contributed by atoms with Crippen molar-refractivity contribution in [2.75, 3.05) is 5.32 Å². The van der Waals surface area contributed by atoms with Gasteiger partial charge in [0.15, 0.2) is 10.9 Å². The fraction of sp³-hybridized carbons (Fsp3) is 0.269. The van der Waals surface area contributed by atoms with Gasteiger partial charge in [-0.3, -0.25) is 14.9 Å². The summed E-state index contributed by atoms with van der Waals surface area (Å²) in [6.07, 6.45) is 1.09. The van der Waals surface area contributed by atoms with Crippen LogP contribution in [-0.2, 0) is 9.59 Å². The van der Waals surface area contributed by atoms with E-state index >= 15 is 0 Å². The molecule has 2 N–H and O–H groups in total. The number of amides is 1. The molecule has 0 radical (unpaired) electrons. The second-order valence-electron chi connectivity index (χ2n) is 9.66. The lowest BCUT2D eigenvalue weighted by atomic mass is 9.68. The van der Waals surface area contributed by atoms with Gasteiger partial charge in [0, 0.05) is 39.4 Å². The van der Waals surface area contributed by atoms with Crippen molar-refractivity contribution in [3.8, 4) is 0 Å². The van der Waals surface area contributed by atoms with E-state index in [1.807, 2.05) is 31.2 Å². The number of dihydropyridines is 1. The van der Waals surface area contributed by atoms with E-state index in [0.29, 0.717) is 50.4 Å². The Hall–Kier alpha value is -2.19. The first-order chi connectivity index (χ1) is 16.5. The number of ketones is 1. The van der Waals surface area contributed by atoms with Crippen LogP contribution in [0.3, 0.4) is 0 Å². The van der Waals surface area contributed by atoms with E-state index in [1.54, 1.807) is 12.1 Å². The summed E-state index contributed by atoms with van der Waals surface area (Å²) in [7, 11) is 0. The van der Waals surface area contributed by atoms with Gasteiger partial charge >= 0.3 is 0 Å². The molecular weight excluding hydrogens is 569 g/mol. The molecule has 35 heavy (non-hydrogen) atoms. The zero-order valence-corrected chi connectivity index (χ0v) is 23.2. The van der Waals surface area contributed by atoms with Gasteiger partial charge in [0.2, 0.25) is 0 Å². The minimum Gasteiger partial charge on any atom is -0.362 e. The fourth-order valence-electron chi connectivity index (χ4n) is 4.91. The van der Waals surface area contributed by atoms with Crippen LogP contribution < -0.4 is 10.6 Å². The summed E-state index contributed by atoms with van der Waals surface area (Å²) >= 11 is 17.9. The van der Waals surface area contributed by atoms with E-state index in [4.69, 9.17) is 23.2 Å². The zero-order chi connectivity index (χ0) is 25.1. The Morgan fingerprint density at radius 1 is 1.23 bits per heavy atom. The molecule has 2 aliphatic rings. The monoisotopic (exact) mass is 589 g/mol. The first-order valence-corrected chi connectivity index (χ1v) is 13.5. The highest BCUT2D eigenvalue weighted by Crippen LogP contribution is 2.49. The van der Waals surface area contributed by atoms with Crippen molar-refractivity contribution in [3.63, 3.8) is 0 Å². The molecule has 2 aromatic carbocycles. The van der Waals surface area contributed by atoms with Gasteiger partial charge in [0.05, 0.1) is 20.3 Å². The minimum absolute atomic E-state index is 0.00688. The summed E-state index contributed by atoms with van der Waals surface area (Å²) in [6.45, 7) is 6.00. The summed E-state index contributed by atoms with van der Waals surface area (Å²) in [5, 5.41) is 7.52. The van der Waals surface area contributed by atoms with Crippen molar-refractivity contribution in [3.05, 3.63) is 79.0 Å². The molecule has 1 aromatic heterocycles. The van der Waals surface area contributed by atoms with Gasteiger partial charge in [-0.05, 0) is 48.6 Å². The molecule has 1 atom stereocenters. The lowest BCUT2D eigenvalue weighted by molar-refractivity contribution is -0.118. The third-order valence-electron chi connectivity index (χ3n) is 6.35. The highest BCUT2D eigenvalue weighted by molar-refractivity contribution is 9.10. The molecule has 2 heterocycles. The van der Waals surface area contributed by atoms with Gasteiger partial charge in [-0.25, -0.2) is 4.98 Å². The first kappa shape index (κ1) is 24.5. The van der Waals surface area contributed by atoms with E-state index in [1.165, 1.54) is 11.3 Å². The number of Topliss-reactive ketones (excluding diaryl/α,β-unsaturated/α-hetero) is 1. The SMILES string of the molecule is CC1=C(C(=O)Nc2nc3cc(Br)ccc3s2)[C@H](c2cccc(Cl)c2Cl)C2=C(CC(C)(C)CC2=O)N1. The normalized spacial score (nSPS) is 19.6. The van der Waals surface area contributed by atoms with Crippen molar-refractivity contribution < 1.29 is 9.59 Å². The highest BCUT2D eigenvalue weighted by Gasteiger charge is 2.43. The summed E-state index contributed by atoms with van der Waals surface area (Å²) in [6, 6.07) is 11.1. The first-order valence-electron chi connectivity index (χ1n) is 11.1. The number of carbonyl (C=O) groups excluding carboxylic acids is 2. The van der Waals surface area contributed by atoms with Crippen molar-refractivity contribution in [2.24, 2.45) is 5.41 Å². The molecule has 0 saturated heterocycles. The average molecular weight is 591 g/mol. The van der Waals surface area contributed by atoms with Gasteiger partial charge in [0.25, 0.3) is 5.91 Å². The molecule has 0 spiro atoms. The Labute approximate surface area is 225 Å². The summed E-state index contributed by atoms with van der Waals surface area (Å²) < 4.78 is 1.87. The Morgan fingerprint density at radius 3 is 2.77 bits per heavy atom. The van der Waals surface area contributed by atoms with Crippen LogP contribution >= 0.6 is 50.5 Å². The number of nitrogens with zero attached hydrogens (tertiary/aromatic N) is 1. The lowest BCUT2D eigenvalue weighted by Crippen LogP contribution is -2.39. The molecular formula is C26H22BrCl2N3O2S. The Balaban J connectivity index is 1.60. The number of rotatable bonds is 3. The molecule has 0 bridgehead atoms. The van der Waals surface area contributed by atoms with Gasteiger partial charge < -0.3 is 5.32 Å². The Bertz CT molecular complexity index is 1470. The number of nitrogens with one attached hydrogen (secondary N) is 2. The second-order valence-corrected chi connectivity index (χ2v) is 12.4. The van der Waals surface area contributed by atoms with Crippen molar-refractivity contribution in [1.29, 1.82) is 0 Å². The third-order valence-corrected chi connectivity index (χ3v) is 8.63. The lowest BCUT2D eigenvalue weighted by Gasteiger charge is -2.39. The minimum atomic E-state index is -0.635. The van der Waals surface area contributed by atoms with Gasteiger partial charge in [-0.2, -0.15) is 0 Å². The molecule has 5 rings (SSSR count). The zero-order valence-electron chi connectivity index (χ0n) is 19.3. The number of thiazole rings is 1. The molecule has 9 heteroatoms. The molecule has 1 amide bonds. The maximum absolute atomic E-state index is 13.7. The predicted molar refractivity (Wildman–Crippen MR) is 146 cm³/mol. The van der Waals surface area contributed by atoms with Crippen LogP contribution in [0.5, 0.6) is 0 Å². The molecule has 3 aromatic rings. The smallest absolute Gasteiger partial charge is 0.256 e. The summed E-state index contributed by atoms with van der Waals surface area (Å²) in [4.78, 5) is 31.8. The molecule has 5 nitrogen and oxygen atoms in total. The molecule has 0 fully saturated rings. The molecule has 1 aliphatic heterocycles. The van der Waals surface area contributed by atoms with Crippen LogP contribution in [0.15, 0.2) is 63.4 Å². The number of anilines is 1. The highest BCUT2D eigenvalue weighted by atomic mass is 79.9. The maximum Gasteiger partial charge on any atom is 0.256 e. The molecule has 1 aliphatic carbocycles. The average Bonchev–Trinajstić information content (AvgIpc) is 3.14. The predicted octanol–water partition coefficient (Wildman–Crippen LogP) is 7.61. The Kier molecular flexibility index (Phi) is 6.33. The van der Waals surface area contributed by atoms with Crippen molar-refractivity contribution in [1.82, 2.24) is 10.3 Å². The third kappa shape index (κ3) is 4.55. The standard InChI is InChI=1S/C26H22BrCl2N3O2S/c1-12-20(24(34)32-25-31-16-9-13(27)7-8-19(16)35-25)21(14-5-4-6-15(28)23(14)29)22-17(30-12)10-26(2,3)11-18(22)33/h4-9,21,30H,10-11H2,1-3H3,(H,31,32,34)/t21-/m0/s1. The Morgan fingerprint density at radius 2 is 2.00 bits per heavy atom. The van der Waals surface area contributed by atoms with Crippen LogP contribution in [0.1, 0.15) is 45.1 Å². The van der Waals surface area contributed by atoms with Gasteiger partial charge in [-0.1, -0.05) is 76.4 Å². The topological polar surface area (TPSA) is 71.1 Å². The quantitative estimate of drug-likeness (QED) is 0.329. The van der Waals surface area contributed by atoms with E-state index < -0.39 is 5.92 Å². The summed E-state index contributed by atoms with van der Waals surface area (Å²) in [5.41, 5.74) is 3.78. The van der Waals surface area contributed by atoms with Crippen LogP contribution in [-0.4, -0.2) is 16.7 Å². The fourth-order valence-corrected chi connectivity index (χ4v) is 6.52. The number of halogens is 3. The number of benzene rings is 2. The number of fused-ring (bicyclic) bond motifs is 1. The summed E-state index contributed by atoms with van der Waals surface area (Å²) in [5.74, 6) is -0.963. The van der Waals surface area contributed by atoms with E-state index in [2.05, 4.69) is 45.4 Å². The van der Waals surface area contributed by atoms with E-state index in [-0.39, 0.29) is 17.1 Å². The number of hydrogen-bond acceptors (Lipinski definition) is 5. The van der Waals surface area contributed by atoms with Crippen molar-refractivity contribution >= 4 is 77.5 Å². The van der Waals surface area contributed by atoms with Crippen molar-refractivity contribution in [2.45, 2.75) is 39.5 Å². The largest absolute Gasteiger partial charge is 0.362 e. The number of hydrogen-bond donors (Lipinski definition) is 2. The molecule has 180 valence electrons. The van der Waals surface area contributed by atoms with Crippen LogP contribution in [0, 0.1) is 5.41 Å². The number of allylic oxidation sites excluding steroid dienone is 3. The number of carbonyl (C=O) groups is 2. The second kappa shape index (κ2) is 9.04.